The van der Waals surface area contributed by atoms with Gasteiger partial charge in [0, 0.05) is 32.2 Å². The second-order valence-electron chi connectivity index (χ2n) is 6.25. The zero-order valence-corrected chi connectivity index (χ0v) is 12.7. The fraction of sp³-hybridized carbons (Fsp3) is 0.500. The fourth-order valence-corrected chi connectivity index (χ4v) is 3.30. The first kappa shape index (κ1) is 14.5. The summed E-state index contributed by atoms with van der Waals surface area (Å²) in [7, 11) is 0. The van der Waals surface area contributed by atoms with E-state index in [1.165, 1.54) is 0 Å². The number of carbonyl (C=O) groups excluding carboxylic acids is 1. The minimum Gasteiger partial charge on any atom is -0.423 e. The van der Waals surface area contributed by atoms with Crippen molar-refractivity contribution in [3.63, 3.8) is 0 Å². The number of piperidine rings is 1. The number of nitrogens with two attached hydrogens (primary N) is 1. The predicted octanol–water partition coefficient (Wildman–Crippen LogP) is 0.372. The van der Waals surface area contributed by atoms with Gasteiger partial charge < -0.3 is 20.2 Å². The number of anilines is 1. The molecule has 2 fully saturated rings. The minimum absolute atomic E-state index is 0.150. The molecule has 0 atom stereocenters. The number of likely N-dealkylation sites (tertiary alicyclic amines) is 1. The van der Waals surface area contributed by atoms with Crippen molar-refractivity contribution in [3.8, 4) is 0 Å². The Labute approximate surface area is 133 Å². The molecular formula is C16H19N4O3. The van der Waals surface area contributed by atoms with E-state index in [0.717, 1.165) is 39.0 Å². The molecule has 23 heavy (non-hydrogen) atoms. The van der Waals surface area contributed by atoms with E-state index in [1.54, 1.807) is 12.1 Å². The molecule has 2 aliphatic rings. The van der Waals surface area contributed by atoms with Gasteiger partial charge in [-0.3, -0.25) is 9.69 Å². The highest BCUT2D eigenvalue weighted by Crippen LogP contribution is 2.29. The molecule has 2 saturated heterocycles. The average Bonchev–Trinajstić information content (AvgIpc) is 2.90. The monoisotopic (exact) mass is 315 g/mol. The van der Waals surface area contributed by atoms with Crippen LogP contribution in [0.1, 0.15) is 23.2 Å². The summed E-state index contributed by atoms with van der Waals surface area (Å²) in [5.41, 5.74) is 6.64. The molecule has 3 N–H and O–H groups in total. The number of nitrogens with zero attached hydrogens (tertiary/aromatic N) is 3. The van der Waals surface area contributed by atoms with Crippen LogP contribution in [0.4, 0.5) is 6.01 Å². The maximum atomic E-state index is 11.4. The summed E-state index contributed by atoms with van der Waals surface area (Å²) < 4.78 is 5.74. The van der Waals surface area contributed by atoms with Gasteiger partial charge in [-0.1, -0.05) is 0 Å². The Morgan fingerprint density at radius 1 is 1.39 bits per heavy atom. The van der Waals surface area contributed by atoms with Crippen molar-refractivity contribution < 1.29 is 14.3 Å². The molecule has 1 amide bonds. The van der Waals surface area contributed by atoms with Gasteiger partial charge >= 0.3 is 0 Å². The first-order chi connectivity index (χ1) is 11.1. The summed E-state index contributed by atoms with van der Waals surface area (Å²) in [5.74, 6) is -0.552. The third kappa shape index (κ3) is 2.55. The minimum atomic E-state index is -0.552. The molecule has 121 valence electrons. The van der Waals surface area contributed by atoms with Crippen molar-refractivity contribution in [2.75, 3.05) is 31.1 Å². The highest BCUT2D eigenvalue weighted by molar-refractivity contribution is 6.03. The van der Waals surface area contributed by atoms with Gasteiger partial charge in [-0.15, -0.1) is 0 Å². The number of aliphatic hydroxyl groups excluding tert-OH is 1. The number of rotatable bonds is 3. The molecule has 1 radical (unpaired) electrons. The van der Waals surface area contributed by atoms with E-state index in [1.807, 2.05) is 0 Å². The molecular weight excluding hydrogens is 296 g/mol. The maximum Gasteiger partial charge on any atom is 0.298 e. The Morgan fingerprint density at radius 2 is 2.13 bits per heavy atom. The number of amides is 1. The summed E-state index contributed by atoms with van der Waals surface area (Å²) in [6.07, 6.45) is 1.54. The zero-order valence-electron chi connectivity index (χ0n) is 12.7. The molecule has 3 heterocycles. The first-order valence-electron chi connectivity index (χ1n) is 7.90. The largest absolute Gasteiger partial charge is 0.423 e. The molecule has 0 saturated carbocycles. The van der Waals surface area contributed by atoms with Crippen LogP contribution >= 0.6 is 0 Å². The van der Waals surface area contributed by atoms with E-state index in [4.69, 9.17) is 10.2 Å². The Morgan fingerprint density at radius 3 is 2.83 bits per heavy atom. The van der Waals surface area contributed by atoms with Crippen LogP contribution in [0.25, 0.3) is 11.1 Å². The molecule has 0 unspecified atom stereocenters. The quantitative estimate of drug-likeness (QED) is 0.850. The lowest BCUT2D eigenvalue weighted by Gasteiger charge is -2.46. The summed E-state index contributed by atoms with van der Waals surface area (Å²) in [6, 6.07) is 7.17. The Bertz CT molecular complexity index is 730. The lowest BCUT2D eigenvalue weighted by molar-refractivity contribution is 0.0522. The zero-order chi connectivity index (χ0) is 16.0. The van der Waals surface area contributed by atoms with E-state index < -0.39 is 5.91 Å². The number of aromatic nitrogens is 1. The van der Waals surface area contributed by atoms with Crippen LogP contribution in [0.5, 0.6) is 0 Å². The van der Waals surface area contributed by atoms with Crippen LogP contribution in [0.3, 0.4) is 0 Å². The molecule has 7 heteroatoms. The molecule has 2 aliphatic heterocycles. The summed E-state index contributed by atoms with van der Waals surface area (Å²) in [4.78, 5) is 20.3. The van der Waals surface area contributed by atoms with Gasteiger partial charge in [-0.25, -0.2) is 0 Å². The van der Waals surface area contributed by atoms with Crippen molar-refractivity contribution >= 4 is 23.0 Å². The van der Waals surface area contributed by atoms with Gasteiger partial charge in [0.25, 0.3) is 11.9 Å². The number of primary amides is 1. The van der Waals surface area contributed by atoms with Crippen LogP contribution in [-0.4, -0.2) is 59.2 Å². The molecule has 0 spiro atoms. The molecule has 1 aromatic heterocycles. The Kier molecular flexibility index (Phi) is 3.46. The smallest absolute Gasteiger partial charge is 0.298 e. The number of carbonyl (C=O) groups is 1. The molecule has 1 aromatic carbocycles. The third-order valence-corrected chi connectivity index (χ3v) is 4.74. The molecule has 7 nitrogen and oxygen atoms in total. The maximum absolute atomic E-state index is 11.4. The number of oxazole rings is 1. The van der Waals surface area contributed by atoms with Gasteiger partial charge in [0.2, 0.25) is 0 Å². The van der Waals surface area contributed by atoms with Crippen LogP contribution in [0, 0.1) is 6.07 Å². The van der Waals surface area contributed by atoms with Gasteiger partial charge in [-0.2, -0.15) is 4.98 Å². The van der Waals surface area contributed by atoms with Crippen LogP contribution in [0.2, 0.25) is 0 Å². The number of hydrogen-bond acceptors (Lipinski definition) is 6. The van der Waals surface area contributed by atoms with E-state index in [9.17, 15) is 9.90 Å². The van der Waals surface area contributed by atoms with E-state index in [2.05, 4.69) is 20.9 Å². The first-order valence-corrected chi connectivity index (χ1v) is 7.90. The Balaban J connectivity index is 1.47. The number of fused-ring (bicyclic) bond motifs is 1. The summed E-state index contributed by atoms with van der Waals surface area (Å²) >= 11 is 0. The molecule has 0 aliphatic carbocycles. The van der Waals surface area contributed by atoms with Crippen molar-refractivity contribution in [1.29, 1.82) is 0 Å². The average molecular weight is 315 g/mol. The van der Waals surface area contributed by atoms with Crippen LogP contribution < -0.4 is 10.6 Å². The van der Waals surface area contributed by atoms with Crippen molar-refractivity contribution in [1.82, 2.24) is 9.88 Å². The topological polar surface area (TPSA) is 95.8 Å². The van der Waals surface area contributed by atoms with Gasteiger partial charge in [-0.05, 0) is 31.0 Å². The van der Waals surface area contributed by atoms with Crippen molar-refractivity contribution in [2.24, 2.45) is 5.73 Å². The van der Waals surface area contributed by atoms with Gasteiger partial charge in [0.05, 0.1) is 11.7 Å². The van der Waals surface area contributed by atoms with E-state index >= 15 is 0 Å². The number of hydrogen-bond donors (Lipinski definition) is 2. The van der Waals surface area contributed by atoms with E-state index in [0.29, 0.717) is 23.2 Å². The lowest BCUT2D eigenvalue weighted by atomic mass is 10.0. The number of benzene rings is 1. The van der Waals surface area contributed by atoms with Crippen molar-refractivity contribution in [2.45, 2.75) is 25.0 Å². The van der Waals surface area contributed by atoms with Crippen LogP contribution in [-0.2, 0) is 0 Å². The highest BCUT2D eigenvalue weighted by atomic mass is 16.4. The predicted molar refractivity (Wildman–Crippen MR) is 84.2 cm³/mol. The molecule has 4 rings (SSSR count). The van der Waals surface area contributed by atoms with Crippen molar-refractivity contribution in [3.05, 3.63) is 23.8 Å². The van der Waals surface area contributed by atoms with Gasteiger partial charge in [0.15, 0.2) is 5.58 Å². The summed E-state index contributed by atoms with van der Waals surface area (Å²) in [5, 5.41) is 9.58. The lowest BCUT2D eigenvalue weighted by Crippen LogP contribution is -2.61. The SMILES string of the molecule is NC(=O)c1[c]ccc2oc(N3CC(N4CCC(O)CC4)C3)nc12. The van der Waals surface area contributed by atoms with Crippen LogP contribution in [0.15, 0.2) is 16.5 Å². The normalized spacial score (nSPS) is 20.8. The number of aliphatic hydroxyl groups is 1. The fourth-order valence-electron chi connectivity index (χ4n) is 3.30. The Hall–Kier alpha value is -2.12. The summed E-state index contributed by atoms with van der Waals surface area (Å²) in [6.45, 7) is 3.57. The molecule has 0 bridgehead atoms. The second-order valence-corrected chi connectivity index (χ2v) is 6.25. The van der Waals surface area contributed by atoms with E-state index in [-0.39, 0.29) is 11.7 Å². The second kappa shape index (κ2) is 5.50. The van der Waals surface area contributed by atoms with Gasteiger partial charge in [0.1, 0.15) is 5.52 Å². The molecule has 2 aromatic rings. The highest BCUT2D eigenvalue weighted by Gasteiger charge is 2.36. The standard InChI is InChI=1S/C16H19N4O3/c17-15(22)12-2-1-3-13-14(12)18-16(23-13)20-8-10(9-20)19-6-4-11(21)5-7-19/h1,3,10-11,21H,4-9H2,(H2,17,22). The third-order valence-electron chi connectivity index (χ3n) is 4.74.